The Morgan fingerprint density at radius 3 is 2.53 bits per heavy atom. The molecular formula is C12H20N2O. The van der Waals surface area contributed by atoms with Crippen molar-refractivity contribution in [2.45, 2.75) is 63.1 Å². The van der Waals surface area contributed by atoms with Gasteiger partial charge < -0.3 is 10.2 Å². The van der Waals surface area contributed by atoms with Crippen molar-refractivity contribution < 1.29 is 4.79 Å². The summed E-state index contributed by atoms with van der Waals surface area (Å²) >= 11 is 0. The first kappa shape index (κ1) is 9.64. The maximum Gasteiger partial charge on any atom is 0.222 e. The first-order valence-corrected chi connectivity index (χ1v) is 6.38. The van der Waals surface area contributed by atoms with E-state index >= 15 is 0 Å². The molecule has 15 heavy (non-hydrogen) atoms. The molecule has 0 aromatic heterocycles. The number of piperidine rings is 2. The van der Waals surface area contributed by atoms with Gasteiger partial charge in [0, 0.05) is 31.1 Å². The highest BCUT2D eigenvalue weighted by molar-refractivity contribution is 5.77. The average Bonchev–Trinajstić information content (AvgIpc) is 2.58. The third-order valence-corrected chi connectivity index (χ3v) is 4.25. The van der Waals surface area contributed by atoms with E-state index in [0.717, 1.165) is 19.4 Å². The van der Waals surface area contributed by atoms with Gasteiger partial charge in [0.1, 0.15) is 0 Å². The molecule has 0 aliphatic carbocycles. The highest BCUT2D eigenvalue weighted by Crippen LogP contribution is 2.31. The molecule has 3 nitrogen and oxygen atoms in total. The summed E-state index contributed by atoms with van der Waals surface area (Å²) in [6.45, 7) is 1.02. The topological polar surface area (TPSA) is 32.3 Å². The molecule has 3 rings (SSSR count). The summed E-state index contributed by atoms with van der Waals surface area (Å²) in [5.41, 5.74) is 0. The van der Waals surface area contributed by atoms with Crippen LogP contribution in [0.15, 0.2) is 0 Å². The van der Waals surface area contributed by atoms with Gasteiger partial charge in [0.25, 0.3) is 0 Å². The van der Waals surface area contributed by atoms with E-state index in [2.05, 4.69) is 10.2 Å². The number of carbonyl (C=O) groups is 1. The zero-order valence-corrected chi connectivity index (χ0v) is 9.24. The molecule has 3 aliphatic heterocycles. The van der Waals surface area contributed by atoms with E-state index in [1.807, 2.05) is 0 Å². The Morgan fingerprint density at radius 2 is 1.87 bits per heavy atom. The minimum absolute atomic E-state index is 0.410. The average molecular weight is 208 g/mol. The van der Waals surface area contributed by atoms with Crippen molar-refractivity contribution in [3.63, 3.8) is 0 Å². The van der Waals surface area contributed by atoms with Crippen molar-refractivity contribution in [2.75, 3.05) is 6.54 Å². The first-order chi connectivity index (χ1) is 7.33. The number of carbonyl (C=O) groups excluding carboxylic acids is 1. The van der Waals surface area contributed by atoms with E-state index in [9.17, 15) is 4.79 Å². The van der Waals surface area contributed by atoms with Gasteiger partial charge in [-0.25, -0.2) is 0 Å². The van der Waals surface area contributed by atoms with Gasteiger partial charge in [-0.05, 0) is 38.5 Å². The number of fused-ring (bicyclic) bond motifs is 2. The van der Waals surface area contributed by atoms with Crippen LogP contribution in [0.5, 0.6) is 0 Å². The smallest absolute Gasteiger partial charge is 0.222 e. The van der Waals surface area contributed by atoms with Crippen LogP contribution in [-0.4, -0.2) is 35.5 Å². The van der Waals surface area contributed by atoms with Crippen molar-refractivity contribution in [1.29, 1.82) is 0 Å². The van der Waals surface area contributed by atoms with Crippen molar-refractivity contribution >= 4 is 5.91 Å². The second kappa shape index (κ2) is 3.78. The van der Waals surface area contributed by atoms with Gasteiger partial charge in [-0.2, -0.15) is 0 Å². The van der Waals surface area contributed by atoms with E-state index in [0.29, 0.717) is 24.0 Å². The molecule has 3 saturated heterocycles. The number of hydrogen-bond acceptors (Lipinski definition) is 2. The molecule has 2 atom stereocenters. The van der Waals surface area contributed by atoms with Crippen LogP contribution in [0.1, 0.15) is 44.9 Å². The van der Waals surface area contributed by atoms with E-state index in [4.69, 9.17) is 0 Å². The number of likely N-dealkylation sites (tertiary alicyclic amines) is 1. The molecule has 2 bridgehead atoms. The number of amides is 1. The molecule has 0 aromatic carbocycles. The molecule has 0 spiro atoms. The lowest BCUT2D eigenvalue weighted by atomic mass is 9.96. The van der Waals surface area contributed by atoms with Gasteiger partial charge in [0.15, 0.2) is 0 Å². The Kier molecular flexibility index (Phi) is 2.43. The standard InChI is InChI=1S/C12H20N2O/c15-12-3-1-2-6-14(12)11-7-9-4-5-10(8-11)13-9/h9-11,13H,1-8H2. The second-order valence-corrected chi connectivity index (χ2v) is 5.31. The Labute approximate surface area is 91.2 Å². The number of rotatable bonds is 1. The maximum atomic E-state index is 11.8. The van der Waals surface area contributed by atoms with Crippen LogP contribution in [-0.2, 0) is 4.79 Å². The molecule has 3 aliphatic rings. The number of nitrogens with one attached hydrogen (secondary N) is 1. The van der Waals surface area contributed by atoms with E-state index in [-0.39, 0.29) is 0 Å². The number of hydrogen-bond donors (Lipinski definition) is 1. The van der Waals surface area contributed by atoms with Crippen LogP contribution >= 0.6 is 0 Å². The quantitative estimate of drug-likeness (QED) is 0.704. The molecule has 2 unspecified atom stereocenters. The summed E-state index contributed by atoms with van der Waals surface area (Å²) in [5, 5.41) is 3.64. The zero-order chi connectivity index (χ0) is 10.3. The van der Waals surface area contributed by atoms with Crippen molar-refractivity contribution in [3.05, 3.63) is 0 Å². The van der Waals surface area contributed by atoms with Crippen LogP contribution in [0.2, 0.25) is 0 Å². The molecule has 3 heterocycles. The zero-order valence-electron chi connectivity index (χ0n) is 9.24. The van der Waals surface area contributed by atoms with Gasteiger partial charge in [-0.1, -0.05) is 0 Å². The monoisotopic (exact) mass is 208 g/mol. The van der Waals surface area contributed by atoms with Gasteiger partial charge in [0.05, 0.1) is 0 Å². The summed E-state index contributed by atoms with van der Waals surface area (Å²) in [6.07, 6.45) is 8.15. The Balaban J connectivity index is 1.68. The molecule has 1 amide bonds. The summed E-state index contributed by atoms with van der Waals surface area (Å²) in [6, 6.07) is 1.95. The van der Waals surface area contributed by atoms with Crippen LogP contribution in [0.3, 0.4) is 0 Å². The fourth-order valence-electron chi connectivity index (χ4n) is 3.49. The molecule has 3 heteroatoms. The molecule has 3 fully saturated rings. The highest BCUT2D eigenvalue weighted by atomic mass is 16.2. The van der Waals surface area contributed by atoms with E-state index in [1.165, 1.54) is 32.1 Å². The third-order valence-electron chi connectivity index (χ3n) is 4.25. The second-order valence-electron chi connectivity index (χ2n) is 5.31. The lowest BCUT2D eigenvalue weighted by Crippen LogP contribution is -2.51. The Morgan fingerprint density at radius 1 is 1.13 bits per heavy atom. The lowest BCUT2D eigenvalue weighted by Gasteiger charge is -2.39. The highest BCUT2D eigenvalue weighted by Gasteiger charge is 2.37. The molecule has 84 valence electrons. The van der Waals surface area contributed by atoms with E-state index in [1.54, 1.807) is 0 Å². The number of nitrogens with zero attached hydrogens (tertiary/aromatic N) is 1. The summed E-state index contributed by atoms with van der Waals surface area (Å²) in [7, 11) is 0. The lowest BCUT2D eigenvalue weighted by molar-refractivity contribution is -0.136. The van der Waals surface area contributed by atoms with Crippen LogP contribution in [0.25, 0.3) is 0 Å². The van der Waals surface area contributed by atoms with E-state index < -0.39 is 0 Å². The summed E-state index contributed by atoms with van der Waals surface area (Å²) < 4.78 is 0. The van der Waals surface area contributed by atoms with Crippen molar-refractivity contribution in [3.8, 4) is 0 Å². The van der Waals surface area contributed by atoms with Crippen LogP contribution in [0.4, 0.5) is 0 Å². The Bertz CT molecular complexity index is 254. The molecule has 1 N–H and O–H groups in total. The summed E-state index contributed by atoms with van der Waals surface area (Å²) in [4.78, 5) is 14.0. The first-order valence-electron chi connectivity index (χ1n) is 6.38. The van der Waals surface area contributed by atoms with Crippen molar-refractivity contribution in [2.24, 2.45) is 0 Å². The largest absolute Gasteiger partial charge is 0.340 e. The van der Waals surface area contributed by atoms with Gasteiger partial charge in [-0.3, -0.25) is 4.79 Å². The minimum atomic E-state index is 0.410. The predicted molar refractivity (Wildman–Crippen MR) is 58.5 cm³/mol. The third kappa shape index (κ3) is 1.78. The SMILES string of the molecule is O=C1CCCCN1C1CC2CCC(C1)N2. The molecular weight excluding hydrogens is 188 g/mol. The van der Waals surface area contributed by atoms with Gasteiger partial charge >= 0.3 is 0 Å². The molecule has 0 saturated carbocycles. The maximum absolute atomic E-state index is 11.8. The van der Waals surface area contributed by atoms with Crippen LogP contribution < -0.4 is 5.32 Å². The summed E-state index contributed by atoms with van der Waals surface area (Å²) in [5.74, 6) is 0.410. The fourth-order valence-corrected chi connectivity index (χ4v) is 3.49. The van der Waals surface area contributed by atoms with Gasteiger partial charge in [0.2, 0.25) is 5.91 Å². The molecule has 0 radical (unpaired) electrons. The fraction of sp³-hybridized carbons (Fsp3) is 0.917. The van der Waals surface area contributed by atoms with Crippen LogP contribution in [0, 0.1) is 0 Å². The Hall–Kier alpha value is -0.570. The van der Waals surface area contributed by atoms with Crippen molar-refractivity contribution in [1.82, 2.24) is 10.2 Å². The predicted octanol–water partition coefficient (Wildman–Crippen LogP) is 1.28. The van der Waals surface area contributed by atoms with Gasteiger partial charge in [-0.15, -0.1) is 0 Å². The normalized spacial score (nSPS) is 40.9. The molecule has 0 aromatic rings. The minimum Gasteiger partial charge on any atom is -0.340 e.